The number of carboxylic acid groups (broad SMARTS) is 1. The van der Waals surface area contributed by atoms with E-state index in [9.17, 15) is 28.7 Å². The third-order valence-electron chi connectivity index (χ3n) is 5.35. The third-order valence-corrected chi connectivity index (χ3v) is 5.99. The van der Waals surface area contributed by atoms with E-state index in [1.807, 2.05) is 0 Å². The maximum Gasteiger partial charge on any atom is 0.337 e. The van der Waals surface area contributed by atoms with E-state index in [-0.39, 0.29) is 33.2 Å². The Balaban J connectivity index is 1.60. The van der Waals surface area contributed by atoms with Gasteiger partial charge < -0.3 is 15.7 Å². The number of nitrogens with zero attached hydrogens (tertiary/aromatic N) is 1. The minimum atomic E-state index is -1.20. The van der Waals surface area contributed by atoms with Crippen LogP contribution in [0.3, 0.4) is 0 Å². The fraction of sp³-hybridized carbons (Fsp3) is 0.0400. The Morgan fingerprint density at radius 1 is 0.944 bits per heavy atom. The van der Waals surface area contributed by atoms with E-state index in [1.54, 1.807) is 19.1 Å². The first-order valence-electron chi connectivity index (χ1n) is 10.3. The highest BCUT2D eigenvalue weighted by Crippen LogP contribution is 2.33. The number of para-hydroxylation sites is 1. The highest BCUT2D eigenvalue weighted by molar-refractivity contribution is 6.53. The monoisotopic (exact) mass is 527 g/mol. The molecule has 0 atom stereocenters. The van der Waals surface area contributed by atoms with Crippen LogP contribution in [0.25, 0.3) is 0 Å². The van der Waals surface area contributed by atoms with Gasteiger partial charge in [0.25, 0.3) is 17.7 Å². The summed E-state index contributed by atoms with van der Waals surface area (Å²) < 4.78 is 13.5. The molecule has 3 amide bonds. The molecule has 0 radical (unpaired) electrons. The van der Waals surface area contributed by atoms with Crippen LogP contribution in [0.5, 0.6) is 0 Å². The predicted molar refractivity (Wildman–Crippen MR) is 133 cm³/mol. The first kappa shape index (κ1) is 24.9. The zero-order valence-electron chi connectivity index (χ0n) is 18.4. The topological polar surface area (TPSA) is 116 Å². The molecule has 0 bridgehead atoms. The highest BCUT2D eigenvalue weighted by Gasteiger charge is 2.39. The SMILES string of the molecule is Cc1ccc(C(=O)Nc2ccccc2C(=O)O)cc1NC1=C(Cl)C(=O)N(c2ccc(F)c(Cl)c2)C1=O. The number of halogens is 3. The zero-order chi connectivity index (χ0) is 26.1. The standard InChI is InChI=1S/C25H16Cl2FN3O5/c1-12-6-7-13(22(32)30-18-5-3-2-4-15(18)25(35)36)10-19(12)29-21-20(27)23(33)31(24(21)34)14-8-9-17(28)16(26)11-14/h2-11,29H,1H3,(H,30,32)(H,35,36). The van der Waals surface area contributed by atoms with Crippen molar-refractivity contribution in [3.05, 3.63) is 98.9 Å². The van der Waals surface area contributed by atoms with Gasteiger partial charge in [0.05, 0.1) is 22.0 Å². The number of aryl methyl sites for hydroxylation is 1. The third kappa shape index (κ3) is 4.66. The van der Waals surface area contributed by atoms with Gasteiger partial charge in [0, 0.05) is 11.3 Å². The fourth-order valence-electron chi connectivity index (χ4n) is 3.48. The second kappa shape index (κ2) is 9.80. The molecule has 0 aromatic heterocycles. The molecule has 0 fully saturated rings. The summed E-state index contributed by atoms with van der Waals surface area (Å²) in [6.45, 7) is 1.71. The molecule has 0 spiro atoms. The molecule has 8 nitrogen and oxygen atoms in total. The van der Waals surface area contributed by atoms with Crippen LogP contribution in [0.2, 0.25) is 5.02 Å². The van der Waals surface area contributed by atoms with Crippen molar-refractivity contribution in [2.75, 3.05) is 15.5 Å². The molecule has 0 saturated carbocycles. The summed E-state index contributed by atoms with van der Waals surface area (Å²) >= 11 is 11.9. The number of hydrogen-bond acceptors (Lipinski definition) is 5. The molecule has 1 aliphatic heterocycles. The lowest BCUT2D eigenvalue weighted by Gasteiger charge is -2.16. The molecule has 1 aliphatic rings. The number of nitrogens with one attached hydrogen (secondary N) is 2. The van der Waals surface area contributed by atoms with E-state index in [4.69, 9.17) is 23.2 Å². The Morgan fingerprint density at radius 3 is 2.36 bits per heavy atom. The number of hydrogen-bond donors (Lipinski definition) is 3. The van der Waals surface area contributed by atoms with Crippen molar-refractivity contribution in [2.45, 2.75) is 6.92 Å². The number of rotatable bonds is 6. The lowest BCUT2D eigenvalue weighted by Crippen LogP contribution is -2.32. The Labute approximate surface area is 213 Å². The minimum absolute atomic E-state index is 0.0355. The maximum absolute atomic E-state index is 13.5. The van der Waals surface area contributed by atoms with Crippen molar-refractivity contribution in [3.8, 4) is 0 Å². The molecule has 0 unspecified atom stereocenters. The quantitative estimate of drug-likeness (QED) is 0.380. The first-order valence-corrected chi connectivity index (χ1v) is 11.1. The zero-order valence-corrected chi connectivity index (χ0v) is 19.9. The van der Waals surface area contributed by atoms with Gasteiger partial charge >= 0.3 is 5.97 Å². The van der Waals surface area contributed by atoms with E-state index >= 15 is 0 Å². The van der Waals surface area contributed by atoms with Gasteiger partial charge in [0.2, 0.25) is 0 Å². The number of carbonyl (C=O) groups is 4. The summed E-state index contributed by atoms with van der Waals surface area (Å²) in [7, 11) is 0. The van der Waals surface area contributed by atoms with Gasteiger partial charge in [-0.1, -0.05) is 41.4 Å². The Kier molecular flexibility index (Phi) is 6.78. The first-order chi connectivity index (χ1) is 17.1. The number of imide groups is 1. The Bertz CT molecular complexity index is 1490. The van der Waals surface area contributed by atoms with E-state index in [0.29, 0.717) is 11.3 Å². The molecule has 36 heavy (non-hydrogen) atoms. The number of amides is 3. The van der Waals surface area contributed by atoms with Gasteiger partial charge in [-0.25, -0.2) is 14.1 Å². The van der Waals surface area contributed by atoms with Crippen LogP contribution < -0.4 is 15.5 Å². The summed E-state index contributed by atoms with van der Waals surface area (Å²) in [6.07, 6.45) is 0. The highest BCUT2D eigenvalue weighted by atomic mass is 35.5. The van der Waals surface area contributed by atoms with Crippen molar-refractivity contribution in [2.24, 2.45) is 0 Å². The van der Waals surface area contributed by atoms with Crippen LogP contribution in [-0.4, -0.2) is 28.8 Å². The predicted octanol–water partition coefficient (Wildman–Crippen LogP) is 5.17. The van der Waals surface area contributed by atoms with Crippen LogP contribution in [0.4, 0.5) is 21.5 Å². The number of benzene rings is 3. The van der Waals surface area contributed by atoms with Gasteiger partial charge in [0.15, 0.2) is 0 Å². The molecule has 0 aliphatic carbocycles. The van der Waals surface area contributed by atoms with E-state index in [1.165, 1.54) is 36.4 Å². The van der Waals surface area contributed by atoms with Gasteiger partial charge in [-0.2, -0.15) is 0 Å². The van der Waals surface area contributed by atoms with Crippen molar-refractivity contribution in [3.63, 3.8) is 0 Å². The van der Waals surface area contributed by atoms with Crippen LogP contribution in [0, 0.1) is 12.7 Å². The van der Waals surface area contributed by atoms with Crippen LogP contribution >= 0.6 is 23.2 Å². The van der Waals surface area contributed by atoms with Crippen molar-refractivity contribution in [1.82, 2.24) is 0 Å². The van der Waals surface area contributed by atoms with Crippen molar-refractivity contribution < 1.29 is 28.7 Å². The molecule has 1 heterocycles. The molecule has 182 valence electrons. The van der Waals surface area contributed by atoms with E-state index in [2.05, 4.69) is 10.6 Å². The average Bonchev–Trinajstić information content (AvgIpc) is 3.05. The molecular formula is C25H16Cl2FN3O5. The summed E-state index contributed by atoms with van der Waals surface area (Å²) in [5.74, 6) is -4.13. The fourth-order valence-corrected chi connectivity index (χ4v) is 3.86. The number of carboxylic acids is 1. The molecule has 11 heteroatoms. The van der Waals surface area contributed by atoms with Crippen LogP contribution in [-0.2, 0) is 9.59 Å². The Morgan fingerprint density at radius 2 is 1.67 bits per heavy atom. The van der Waals surface area contributed by atoms with E-state index < -0.39 is 34.5 Å². The van der Waals surface area contributed by atoms with E-state index in [0.717, 1.165) is 17.0 Å². The largest absolute Gasteiger partial charge is 0.478 e. The molecule has 3 aromatic rings. The summed E-state index contributed by atoms with van der Waals surface area (Å²) in [5, 5.41) is 14.0. The summed E-state index contributed by atoms with van der Waals surface area (Å²) in [4.78, 5) is 50.7. The summed E-state index contributed by atoms with van der Waals surface area (Å²) in [6, 6.07) is 13.9. The van der Waals surface area contributed by atoms with Crippen molar-refractivity contribution in [1.29, 1.82) is 0 Å². The number of carbonyl (C=O) groups excluding carboxylic acids is 3. The van der Waals surface area contributed by atoms with Gasteiger partial charge in [-0.05, 0) is 55.0 Å². The second-order valence-electron chi connectivity index (χ2n) is 7.69. The maximum atomic E-state index is 13.5. The normalized spacial score (nSPS) is 13.3. The van der Waals surface area contributed by atoms with Gasteiger partial charge in [-0.15, -0.1) is 0 Å². The molecule has 3 N–H and O–H groups in total. The van der Waals surface area contributed by atoms with Crippen LogP contribution in [0.15, 0.2) is 71.4 Å². The van der Waals surface area contributed by atoms with Crippen LogP contribution in [0.1, 0.15) is 26.3 Å². The van der Waals surface area contributed by atoms with Gasteiger partial charge in [-0.3, -0.25) is 14.4 Å². The smallest absolute Gasteiger partial charge is 0.337 e. The molecule has 3 aromatic carbocycles. The lowest BCUT2D eigenvalue weighted by atomic mass is 10.1. The van der Waals surface area contributed by atoms with Gasteiger partial charge in [0.1, 0.15) is 16.5 Å². The average molecular weight is 528 g/mol. The Hall–Kier alpha value is -4.21. The number of anilines is 3. The van der Waals surface area contributed by atoms with Crippen molar-refractivity contribution >= 4 is 64.0 Å². The molecular weight excluding hydrogens is 512 g/mol. The number of aromatic carboxylic acids is 1. The second-order valence-corrected chi connectivity index (χ2v) is 8.48. The molecule has 0 saturated heterocycles. The molecule has 4 rings (SSSR count). The summed E-state index contributed by atoms with van der Waals surface area (Å²) in [5.41, 5.74) is 0.914. The lowest BCUT2D eigenvalue weighted by molar-refractivity contribution is -0.120. The minimum Gasteiger partial charge on any atom is -0.478 e.